The first kappa shape index (κ1) is 21.1. The van der Waals surface area contributed by atoms with Gasteiger partial charge in [0, 0.05) is 30.5 Å². The van der Waals surface area contributed by atoms with Crippen molar-refractivity contribution in [2.45, 2.75) is 52.1 Å². The van der Waals surface area contributed by atoms with Gasteiger partial charge < -0.3 is 25.0 Å². The SMILES string of the molecule is CC(=O)c1c(O)c(C)c(O)c2c1OC1=CC(=O)C(=C(C)NCC3CCCO3)C(=O)[C@@]12C. The molecule has 3 N–H and O–H groups in total. The maximum atomic E-state index is 13.6. The highest BCUT2D eigenvalue weighted by Gasteiger charge is 2.56. The van der Waals surface area contributed by atoms with E-state index in [4.69, 9.17) is 9.47 Å². The number of hydrogen-bond acceptors (Lipinski definition) is 8. The van der Waals surface area contributed by atoms with Crippen LogP contribution >= 0.6 is 0 Å². The summed E-state index contributed by atoms with van der Waals surface area (Å²) in [5, 5.41) is 24.3. The van der Waals surface area contributed by atoms with Crippen LogP contribution in [0.4, 0.5) is 0 Å². The van der Waals surface area contributed by atoms with Gasteiger partial charge in [-0.2, -0.15) is 0 Å². The lowest BCUT2D eigenvalue weighted by molar-refractivity contribution is -0.123. The van der Waals surface area contributed by atoms with Gasteiger partial charge in [-0.25, -0.2) is 0 Å². The normalized spacial score (nSPS) is 26.2. The van der Waals surface area contributed by atoms with Gasteiger partial charge in [-0.05, 0) is 40.5 Å². The van der Waals surface area contributed by atoms with Crippen LogP contribution in [0.3, 0.4) is 0 Å². The number of benzene rings is 1. The first-order valence-corrected chi connectivity index (χ1v) is 10.2. The van der Waals surface area contributed by atoms with Gasteiger partial charge in [0.25, 0.3) is 0 Å². The van der Waals surface area contributed by atoms with E-state index >= 15 is 0 Å². The van der Waals surface area contributed by atoms with Gasteiger partial charge in [0.2, 0.25) is 0 Å². The zero-order valence-electron chi connectivity index (χ0n) is 17.9. The van der Waals surface area contributed by atoms with Crippen LogP contribution in [0.2, 0.25) is 0 Å². The van der Waals surface area contributed by atoms with Crippen LogP contribution in [0.15, 0.2) is 23.1 Å². The molecule has 0 amide bonds. The Bertz CT molecular complexity index is 1090. The molecule has 1 unspecified atom stereocenters. The molecule has 0 spiro atoms. The first-order chi connectivity index (χ1) is 14.6. The Morgan fingerprint density at radius 2 is 1.97 bits per heavy atom. The molecule has 2 aliphatic heterocycles. The molecule has 8 nitrogen and oxygen atoms in total. The molecular formula is C23H25NO7. The molecule has 0 saturated carbocycles. The molecule has 2 heterocycles. The largest absolute Gasteiger partial charge is 0.507 e. The minimum absolute atomic E-state index is 0.0226. The van der Waals surface area contributed by atoms with Gasteiger partial charge >= 0.3 is 0 Å². The Morgan fingerprint density at radius 1 is 1.26 bits per heavy atom. The van der Waals surface area contributed by atoms with Crippen LogP contribution in [0.25, 0.3) is 0 Å². The van der Waals surface area contributed by atoms with E-state index in [0.717, 1.165) is 12.8 Å². The molecule has 4 rings (SSSR count). The topological polar surface area (TPSA) is 122 Å². The minimum Gasteiger partial charge on any atom is -0.507 e. The van der Waals surface area contributed by atoms with Gasteiger partial charge in [0.15, 0.2) is 17.3 Å². The van der Waals surface area contributed by atoms with Crippen molar-refractivity contribution < 1.29 is 34.1 Å². The molecule has 1 saturated heterocycles. The number of nitrogens with one attached hydrogen (secondary N) is 1. The predicted molar refractivity (Wildman–Crippen MR) is 110 cm³/mol. The van der Waals surface area contributed by atoms with Gasteiger partial charge in [0.1, 0.15) is 34.0 Å². The quantitative estimate of drug-likeness (QED) is 0.380. The fraction of sp³-hybridized carbons (Fsp3) is 0.435. The number of rotatable bonds is 4. The molecule has 0 radical (unpaired) electrons. The fourth-order valence-electron chi connectivity index (χ4n) is 4.52. The standard InChI is InChI=1S/C23H25NO7/c1-10-19(27)17(12(3)25)21-18(20(10)28)23(4)15(31-21)8-14(26)16(22(23)29)11(2)24-9-13-6-5-7-30-13/h8,13,24,27-28H,5-7,9H2,1-4H3/t13?,23-/m0/s1. The molecule has 3 aliphatic rings. The maximum Gasteiger partial charge on any atom is 0.194 e. The average Bonchev–Trinajstić information content (AvgIpc) is 3.31. The molecule has 1 fully saturated rings. The molecule has 8 heteroatoms. The Hall–Kier alpha value is -3.13. The molecule has 0 aromatic heterocycles. The summed E-state index contributed by atoms with van der Waals surface area (Å²) in [6, 6.07) is 0. The smallest absolute Gasteiger partial charge is 0.194 e. The Morgan fingerprint density at radius 3 is 2.58 bits per heavy atom. The van der Waals surface area contributed by atoms with Gasteiger partial charge in [-0.15, -0.1) is 0 Å². The average molecular weight is 427 g/mol. The summed E-state index contributed by atoms with van der Waals surface area (Å²) >= 11 is 0. The van der Waals surface area contributed by atoms with Gasteiger partial charge in [-0.1, -0.05) is 0 Å². The maximum absolute atomic E-state index is 13.6. The van der Waals surface area contributed by atoms with E-state index < -0.39 is 28.5 Å². The third kappa shape index (κ3) is 2.96. The fourth-order valence-corrected chi connectivity index (χ4v) is 4.52. The summed E-state index contributed by atoms with van der Waals surface area (Å²) in [5.74, 6) is -2.35. The molecule has 1 aliphatic carbocycles. The second-order valence-corrected chi connectivity index (χ2v) is 8.40. The lowest BCUT2D eigenvalue weighted by Gasteiger charge is -2.29. The number of phenols is 2. The summed E-state index contributed by atoms with van der Waals surface area (Å²) in [6.45, 7) is 7.08. The molecule has 1 aromatic rings. The molecule has 164 valence electrons. The number of hydrogen-bond donors (Lipinski definition) is 3. The third-order valence-corrected chi connectivity index (χ3v) is 6.38. The van der Waals surface area contributed by atoms with Crippen LogP contribution < -0.4 is 10.1 Å². The molecule has 2 atom stereocenters. The van der Waals surface area contributed by atoms with Crippen LogP contribution in [0.1, 0.15) is 55.1 Å². The van der Waals surface area contributed by atoms with Crippen molar-refractivity contribution >= 4 is 17.3 Å². The number of carbonyl (C=O) groups excluding carboxylic acids is 3. The van der Waals surface area contributed by atoms with Crippen LogP contribution in [-0.4, -0.2) is 46.8 Å². The Labute approximate surface area is 179 Å². The van der Waals surface area contributed by atoms with Crippen molar-refractivity contribution in [2.24, 2.45) is 0 Å². The van der Waals surface area contributed by atoms with Crippen molar-refractivity contribution in [1.29, 1.82) is 0 Å². The number of ether oxygens (including phenoxy) is 2. The lowest BCUT2D eigenvalue weighted by atomic mass is 9.70. The van der Waals surface area contributed by atoms with Crippen LogP contribution in [-0.2, 0) is 19.7 Å². The van der Waals surface area contributed by atoms with E-state index in [1.165, 1.54) is 19.9 Å². The number of allylic oxidation sites excluding steroid dienone is 4. The second-order valence-electron chi connectivity index (χ2n) is 8.40. The number of phenolic OH excluding ortho intramolecular Hbond substituents is 2. The highest BCUT2D eigenvalue weighted by atomic mass is 16.5. The predicted octanol–water partition coefficient (Wildman–Crippen LogP) is 2.34. The van der Waals surface area contributed by atoms with Crippen LogP contribution in [0.5, 0.6) is 17.2 Å². The van der Waals surface area contributed by atoms with E-state index in [1.54, 1.807) is 13.8 Å². The van der Waals surface area contributed by atoms with E-state index in [9.17, 15) is 24.6 Å². The van der Waals surface area contributed by atoms with E-state index in [1.807, 2.05) is 0 Å². The first-order valence-electron chi connectivity index (χ1n) is 10.2. The van der Waals surface area contributed by atoms with Crippen molar-refractivity contribution in [1.82, 2.24) is 5.32 Å². The highest BCUT2D eigenvalue weighted by Crippen LogP contribution is 2.57. The molecule has 1 aromatic carbocycles. The minimum atomic E-state index is -1.50. The van der Waals surface area contributed by atoms with Crippen molar-refractivity contribution in [3.63, 3.8) is 0 Å². The van der Waals surface area contributed by atoms with Gasteiger partial charge in [-0.3, -0.25) is 14.4 Å². The Kier molecular flexibility index (Phi) is 4.93. The van der Waals surface area contributed by atoms with E-state index in [-0.39, 0.29) is 45.6 Å². The number of aromatic hydroxyl groups is 2. The summed E-state index contributed by atoms with van der Waals surface area (Å²) in [6.07, 6.45) is 3.12. The van der Waals surface area contributed by atoms with Gasteiger partial charge in [0.05, 0.1) is 17.2 Å². The highest BCUT2D eigenvalue weighted by molar-refractivity contribution is 6.31. The monoisotopic (exact) mass is 427 g/mol. The Balaban J connectivity index is 1.83. The number of ketones is 3. The third-order valence-electron chi connectivity index (χ3n) is 6.38. The van der Waals surface area contributed by atoms with Crippen molar-refractivity contribution in [2.75, 3.05) is 13.2 Å². The zero-order chi connectivity index (χ0) is 22.7. The van der Waals surface area contributed by atoms with Crippen molar-refractivity contribution in [3.8, 4) is 17.2 Å². The van der Waals surface area contributed by atoms with Crippen LogP contribution in [0, 0.1) is 6.92 Å². The summed E-state index contributed by atoms with van der Waals surface area (Å²) in [4.78, 5) is 38.7. The van der Waals surface area contributed by atoms with Crippen molar-refractivity contribution in [3.05, 3.63) is 39.8 Å². The summed E-state index contributed by atoms with van der Waals surface area (Å²) in [7, 11) is 0. The lowest BCUT2D eigenvalue weighted by Crippen LogP contribution is -2.41. The molecular weight excluding hydrogens is 402 g/mol. The summed E-state index contributed by atoms with van der Waals surface area (Å²) < 4.78 is 11.3. The number of fused-ring (bicyclic) bond motifs is 3. The summed E-state index contributed by atoms with van der Waals surface area (Å²) in [5.41, 5.74) is -1.09. The van der Waals surface area contributed by atoms with E-state index in [2.05, 4.69) is 5.32 Å². The van der Waals surface area contributed by atoms with E-state index in [0.29, 0.717) is 18.8 Å². The number of carbonyl (C=O) groups is 3. The zero-order valence-corrected chi connectivity index (χ0v) is 17.9. The molecule has 31 heavy (non-hydrogen) atoms. The second kappa shape index (κ2) is 7.23. The number of Topliss-reactive ketones (excluding diaryl/α,β-unsaturated/α-hetero) is 2. The molecule has 0 bridgehead atoms.